The lowest BCUT2D eigenvalue weighted by Crippen LogP contribution is -2.22. The number of thioether (sulfide) groups is 1. The molecule has 0 fully saturated rings. The SMILES string of the molecule is Cc1ccc(CSc2nc3ccccc3c(=O)n2-c2ccc(C)c(C)c2)cc1. The van der Waals surface area contributed by atoms with Crippen LogP contribution in [0.3, 0.4) is 0 Å². The molecule has 3 aromatic carbocycles. The number of hydrogen-bond donors (Lipinski definition) is 0. The average Bonchev–Trinajstić information content (AvgIpc) is 2.70. The normalized spacial score (nSPS) is 11.1. The molecule has 1 heterocycles. The lowest BCUT2D eigenvalue weighted by atomic mass is 10.1. The molecule has 0 atom stereocenters. The standard InChI is InChI=1S/C24H22N2OS/c1-16-8-11-19(12-9-16)15-28-24-25-22-7-5-4-6-21(22)23(27)26(24)20-13-10-17(2)18(3)14-20/h4-14H,15H2,1-3H3. The predicted molar refractivity (Wildman–Crippen MR) is 118 cm³/mol. The molecule has 0 bridgehead atoms. The van der Waals surface area contributed by atoms with Gasteiger partial charge in [-0.2, -0.15) is 0 Å². The van der Waals surface area contributed by atoms with Crippen LogP contribution in [0.25, 0.3) is 16.6 Å². The number of aryl methyl sites for hydroxylation is 3. The second-order valence-corrected chi connectivity index (χ2v) is 8.04. The van der Waals surface area contributed by atoms with Crippen LogP contribution in [0, 0.1) is 20.8 Å². The van der Waals surface area contributed by atoms with Crippen molar-refractivity contribution in [1.29, 1.82) is 0 Å². The van der Waals surface area contributed by atoms with Gasteiger partial charge in [0, 0.05) is 5.75 Å². The predicted octanol–water partition coefficient (Wildman–Crippen LogP) is 5.60. The molecule has 1 aromatic heterocycles. The fraction of sp³-hybridized carbons (Fsp3) is 0.167. The summed E-state index contributed by atoms with van der Waals surface area (Å²) in [6, 6.07) is 22.1. The lowest BCUT2D eigenvalue weighted by molar-refractivity contribution is 0.818. The Balaban J connectivity index is 1.84. The van der Waals surface area contributed by atoms with E-state index in [1.807, 2.05) is 30.3 Å². The summed E-state index contributed by atoms with van der Waals surface area (Å²) in [7, 11) is 0. The van der Waals surface area contributed by atoms with Crippen molar-refractivity contribution in [3.05, 3.63) is 99.3 Å². The van der Waals surface area contributed by atoms with Gasteiger partial charge in [0.25, 0.3) is 5.56 Å². The smallest absolute Gasteiger partial charge is 0.266 e. The van der Waals surface area contributed by atoms with Crippen molar-refractivity contribution in [2.75, 3.05) is 0 Å². The maximum absolute atomic E-state index is 13.3. The van der Waals surface area contributed by atoms with Crippen molar-refractivity contribution in [2.45, 2.75) is 31.7 Å². The summed E-state index contributed by atoms with van der Waals surface area (Å²) in [5.74, 6) is 0.760. The number of aromatic nitrogens is 2. The summed E-state index contributed by atoms with van der Waals surface area (Å²) in [4.78, 5) is 18.1. The molecule has 0 aliphatic heterocycles. The summed E-state index contributed by atoms with van der Waals surface area (Å²) in [5, 5.41) is 1.35. The van der Waals surface area contributed by atoms with Gasteiger partial charge in [0.2, 0.25) is 0 Å². The number of rotatable bonds is 4. The third kappa shape index (κ3) is 3.60. The molecule has 4 heteroatoms. The monoisotopic (exact) mass is 386 g/mol. The van der Waals surface area contributed by atoms with Gasteiger partial charge in [0.05, 0.1) is 16.6 Å². The second kappa shape index (κ2) is 7.64. The Bertz CT molecular complexity index is 1210. The molecule has 0 unspecified atom stereocenters. The van der Waals surface area contributed by atoms with Gasteiger partial charge < -0.3 is 0 Å². The number of para-hydroxylation sites is 1. The van der Waals surface area contributed by atoms with E-state index in [9.17, 15) is 4.79 Å². The third-order valence-electron chi connectivity index (χ3n) is 4.98. The van der Waals surface area contributed by atoms with Crippen LogP contribution in [0.4, 0.5) is 0 Å². The Morgan fingerprint density at radius 3 is 2.39 bits per heavy atom. The molecule has 140 valence electrons. The first kappa shape index (κ1) is 18.5. The van der Waals surface area contributed by atoms with E-state index < -0.39 is 0 Å². The zero-order chi connectivity index (χ0) is 19.7. The van der Waals surface area contributed by atoms with Crippen LogP contribution in [-0.2, 0) is 5.75 Å². The van der Waals surface area contributed by atoms with Gasteiger partial charge in [-0.05, 0) is 61.7 Å². The Kier molecular flexibility index (Phi) is 5.05. The van der Waals surface area contributed by atoms with E-state index in [2.05, 4.69) is 57.2 Å². The second-order valence-electron chi connectivity index (χ2n) is 7.09. The fourth-order valence-electron chi connectivity index (χ4n) is 3.13. The molecular weight excluding hydrogens is 364 g/mol. The molecule has 28 heavy (non-hydrogen) atoms. The quantitative estimate of drug-likeness (QED) is 0.338. The van der Waals surface area contributed by atoms with Gasteiger partial charge in [-0.25, -0.2) is 4.98 Å². The molecule has 0 saturated heterocycles. The molecule has 0 radical (unpaired) electrons. The number of fused-ring (bicyclic) bond motifs is 1. The highest BCUT2D eigenvalue weighted by Crippen LogP contribution is 2.25. The van der Waals surface area contributed by atoms with E-state index in [4.69, 9.17) is 4.98 Å². The molecule has 0 N–H and O–H groups in total. The van der Waals surface area contributed by atoms with Crippen molar-refractivity contribution in [2.24, 2.45) is 0 Å². The summed E-state index contributed by atoms with van der Waals surface area (Å²) >= 11 is 1.59. The zero-order valence-corrected chi connectivity index (χ0v) is 17.1. The summed E-state index contributed by atoms with van der Waals surface area (Å²) < 4.78 is 1.74. The molecule has 0 aliphatic carbocycles. The van der Waals surface area contributed by atoms with E-state index in [0.29, 0.717) is 10.5 Å². The first-order chi connectivity index (χ1) is 13.5. The summed E-state index contributed by atoms with van der Waals surface area (Å²) in [6.07, 6.45) is 0. The van der Waals surface area contributed by atoms with Crippen molar-refractivity contribution < 1.29 is 0 Å². The van der Waals surface area contributed by atoms with E-state index in [-0.39, 0.29) is 5.56 Å². The van der Waals surface area contributed by atoms with Crippen molar-refractivity contribution in [3.63, 3.8) is 0 Å². The van der Waals surface area contributed by atoms with Crippen LogP contribution in [0.1, 0.15) is 22.3 Å². The maximum atomic E-state index is 13.3. The molecule has 0 saturated carbocycles. The van der Waals surface area contributed by atoms with Crippen LogP contribution < -0.4 is 5.56 Å². The van der Waals surface area contributed by atoms with Crippen molar-refractivity contribution in [1.82, 2.24) is 9.55 Å². The van der Waals surface area contributed by atoms with Gasteiger partial charge >= 0.3 is 0 Å². The van der Waals surface area contributed by atoms with Gasteiger partial charge in [-0.15, -0.1) is 0 Å². The average molecular weight is 387 g/mol. The molecule has 0 spiro atoms. The maximum Gasteiger partial charge on any atom is 0.266 e. The minimum Gasteiger partial charge on any atom is -0.268 e. The lowest BCUT2D eigenvalue weighted by Gasteiger charge is -2.14. The van der Waals surface area contributed by atoms with Crippen LogP contribution in [0.2, 0.25) is 0 Å². The van der Waals surface area contributed by atoms with Crippen molar-refractivity contribution >= 4 is 22.7 Å². The Morgan fingerprint density at radius 2 is 1.64 bits per heavy atom. The van der Waals surface area contributed by atoms with Gasteiger partial charge in [0.1, 0.15) is 0 Å². The van der Waals surface area contributed by atoms with E-state index in [1.165, 1.54) is 16.7 Å². The van der Waals surface area contributed by atoms with Crippen molar-refractivity contribution in [3.8, 4) is 5.69 Å². The van der Waals surface area contributed by atoms with E-state index in [0.717, 1.165) is 22.5 Å². The number of nitrogens with zero attached hydrogens (tertiary/aromatic N) is 2. The van der Waals surface area contributed by atoms with Crippen LogP contribution in [0.15, 0.2) is 76.7 Å². The molecule has 4 aromatic rings. The fourth-order valence-corrected chi connectivity index (χ4v) is 4.10. The van der Waals surface area contributed by atoms with Gasteiger partial charge in [-0.3, -0.25) is 9.36 Å². The number of hydrogen-bond acceptors (Lipinski definition) is 3. The van der Waals surface area contributed by atoms with Crippen LogP contribution >= 0.6 is 11.8 Å². The first-order valence-corrected chi connectivity index (χ1v) is 10.3. The molecule has 3 nitrogen and oxygen atoms in total. The molecule has 4 rings (SSSR count). The number of benzene rings is 3. The topological polar surface area (TPSA) is 34.9 Å². The molecule has 0 amide bonds. The highest BCUT2D eigenvalue weighted by Gasteiger charge is 2.14. The first-order valence-electron chi connectivity index (χ1n) is 9.31. The van der Waals surface area contributed by atoms with Crippen LogP contribution in [0.5, 0.6) is 0 Å². The summed E-state index contributed by atoms with van der Waals surface area (Å²) in [6.45, 7) is 6.23. The Labute approximate surface area is 169 Å². The minimum absolute atomic E-state index is 0.0275. The third-order valence-corrected chi connectivity index (χ3v) is 5.99. The van der Waals surface area contributed by atoms with Gasteiger partial charge in [-0.1, -0.05) is 59.8 Å². The molecular formula is C24H22N2OS. The highest BCUT2D eigenvalue weighted by atomic mass is 32.2. The Hall–Kier alpha value is -2.85. The van der Waals surface area contributed by atoms with E-state index >= 15 is 0 Å². The zero-order valence-electron chi connectivity index (χ0n) is 16.3. The molecule has 0 aliphatic rings. The van der Waals surface area contributed by atoms with E-state index in [1.54, 1.807) is 16.3 Å². The minimum atomic E-state index is -0.0275. The summed E-state index contributed by atoms with van der Waals surface area (Å²) in [5.41, 5.74) is 6.39. The van der Waals surface area contributed by atoms with Gasteiger partial charge in [0.15, 0.2) is 5.16 Å². The largest absolute Gasteiger partial charge is 0.268 e. The highest BCUT2D eigenvalue weighted by molar-refractivity contribution is 7.98. The Morgan fingerprint density at radius 1 is 0.893 bits per heavy atom. The van der Waals surface area contributed by atoms with Crippen LogP contribution in [-0.4, -0.2) is 9.55 Å².